The summed E-state index contributed by atoms with van der Waals surface area (Å²) in [6.07, 6.45) is 3.48. The minimum Gasteiger partial charge on any atom is -0.354 e. The lowest BCUT2D eigenvalue weighted by atomic mass is 9.96. The molecule has 0 aliphatic carbocycles. The number of aryl methyl sites for hydroxylation is 1. The van der Waals surface area contributed by atoms with Crippen molar-refractivity contribution in [3.05, 3.63) is 88.5 Å². The number of nitrogens with one attached hydrogen (secondary N) is 1. The summed E-state index contributed by atoms with van der Waals surface area (Å²) in [6.45, 7) is 3.32. The molecule has 172 valence electrons. The maximum Gasteiger partial charge on any atom is 0.271 e. The Labute approximate surface area is 193 Å². The Balaban J connectivity index is 1.39. The van der Waals surface area contributed by atoms with Crippen LogP contribution in [0.25, 0.3) is 5.69 Å². The summed E-state index contributed by atoms with van der Waals surface area (Å²) in [5.41, 5.74) is 1.31. The van der Waals surface area contributed by atoms with Gasteiger partial charge in [-0.15, -0.1) is 5.10 Å². The van der Waals surface area contributed by atoms with Crippen LogP contribution in [-0.2, 0) is 11.2 Å². The first kappa shape index (κ1) is 22.7. The number of benzene rings is 2. The van der Waals surface area contributed by atoms with Gasteiger partial charge in [0.15, 0.2) is 0 Å². The van der Waals surface area contributed by atoms with Gasteiger partial charge in [-0.25, -0.2) is 4.39 Å². The van der Waals surface area contributed by atoms with Gasteiger partial charge in [-0.05, 0) is 62.4 Å². The zero-order chi connectivity index (χ0) is 23.2. The topological polar surface area (TPSA) is 67.2 Å². The molecule has 1 aliphatic heterocycles. The van der Waals surface area contributed by atoms with Crippen LogP contribution in [0.1, 0.15) is 31.7 Å². The van der Waals surface area contributed by atoms with E-state index in [0.29, 0.717) is 18.1 Å². The molecule has 1 aliphatic rings. The average Bonchev–Trinajstić information content (AvgIpc) is 2.84. The van der Waals surface area contributed by atoms with Crippen molar-refractivity contribution in [1.82, 2.24) is 15.1 Å². The van der Waals surface area contributed by atoms with Crippen LogP contribution in [-0.4, -0.2) is 34.8 Å². The summed E-state index contributed by atoms with van der Waals surface area (Å²) < 4.78 is 14.8. The van der Waals surface area contributed by atoms with Crippen LogP contribution in [0.15, 0.2) is 71.5 Å². The summed E-state index contributed by atoms with van der Waals surface area (Å²) in [7, 11) is 0. The van der Waals surface area contributed by atoms with Gasteiger partial charge in [0.05, 0.1) is 11.6 Å². The fourth-order valence-electron chi connectivity index (χ4n) is 4.22. The summed E-state index contributed by atoms with van der Waals surface area (Å²) >= 11 is 0. The van der Waals surface area contributed by atoms with Crippen molar-refractivity contribution in [2.24, 2.45) is 5.92 Å². The Hall–Kier alpha value is -3.48. The van der Waals surface area contributed by atoms with Crippen molar-refractivity contribution < 1.29 is 9.18 Å². The number of rotatable bonds is 7. The Bertz CT molecular complexity index is 1150. The van der Waals surface area contributed by atoms with Crippen LogP contribution in [0, 0.1) is 11.7 Å². The van der Waals surface area contributed by atoms with Crippen molar-refractivity contribution in [1.29, 1.82) is 0 Å². The molecule has 2 atom stereocenters. The molecule has 4 rings (SSSR count). The highest BCUT2D eigenvalue weighted by molar-refractivity contribution is 5.79. The molecule has 1 amide bonds. The number of halogens is 1. The molecule has 0 bridgehead atoms. The molecule has 3 aromatic rings. The molecule has 6 nitrogen and oxygen atoms in total. The Morgan fingerprint density at radius 1 is 1.15 bits per heavy atom. The maximum absolute atomic E-state index is 13.6. The van der Waals surface area contributed by atoms with Crippen molar-refractivity contribution in [2.45, 2.75) is 38.6 Å². The van der Waals surface area contributed by atoms with Gasteiger partial charge >= 0.3 is 0 Å². The summed E-state index contributed by atoms with van der Waals surface area (Å²) in [5.74, 6) is 0.0872. The van der Waals surface area contributed by atoms with Gasteiger partial charge < -0.3 is 10.2 Å². The zero-order valence-electron chi connectivity index (χ0n) is 18.8. The summed E-state index contributed by atoms with van der Waals surface area (Å²) in [5, 5.41) is 7.62. The van der Waals surface area contributed by atoms with E-state index in [9.17, 15) is 14.0 Å². The third kappa shape index (κ3) is 5.86. The van der Waals surface area contributed by atoms with Gasteiger partial charge in [0, 0.05) is 25.2 Å². The number of aromatic nitrogens is 2. The van der Waals surface area contributed by atoms with E-state index in [1.54, 1.807) is 18.2 Å². The molecule has 33 heavy (non-hydrogen) atoms. The molecule has 2 aromatic carbocycles. The Kier molecular flexibility index (Phi) is 7.17. The zero-order valence-corrected chi connectivity index (χ0v) is 18.8. The predicted octanol–water partition coefficient (Wildman–Crippen LogP) is 3.73. The molecule has 0 radical (unpaired) electrons. The largest absolute Gasteiger partial charge is 0.354 e. The first-order valence-electron chi connectivity index (χ1n) is 11.4. The SMILES string of the molecule is CC(CCc1ccccc1)NC(=O)C1CCCN(c2ccc(=O)n(-c3cccc(F)c3)n2)C1. The van der Waals surface area contributed by atoms with Crippen LogP contribution >= 0.6 is 0 Å². The summed E-state index contributed by atoms with van der Waals surface area (Å²) in [4.78, 5) is 27.3. The van der Waals surface area contributed by atoms with E-state index in [4.69, 9.17) is 0 Å². The number of amides is 1. The lowest BCUT2D eigenvalue weighted by Gasteiger charge is -2.33. The molecule has 1 aromatic heterocycles. The maximum atomic E-state index is 13.6. The van der Waals surface area contributed by atoms with Gasteiger partial charge in [-0.1, -0.05) is 36.4 Å². The van der Waals surface area contributed by atoms with Crippen molar-refractivity contribution in [3.8, 4) is 5.69 Å². The number of carbonyl (C=O) groups excluding carboxylic acids is 1. The average molecular weight is 449 g/mol. The van der Waals surface area contributed by atoms with Crippen LogP contribution in [0.5, 0.6) is 0 Å². The fourth-order valence-corrected chi connectivity index (χ4v) is 4.22. The van der Waals surface area contributed by atoms with Gasteiger partial charge in [-0.3, -0.25) is 9.59 Å². The second-order valence-corrected chi connectivity index (χ2v) is 8.64. The van der Waals surface area contributed by atoms with E-state index < -0.39 is 5.82 Å². The normalized spacial score (nSPS) is 16.9. The number of carbonyl (C=O) groups is 1. The molecule has 0 spiro atoms. The molecule has 2 unspecified atom stereocenters. The van der Waals surface area contributed by atoms with Crippen LogP contribution in [0.2, 0.25) is 0 Å². The number of nitrogens with zero attached hydrogens (tertiary/aromatic N) is 3. The second kappa shape index (κ2) is 10.4. The van der Waals surface area contributed by atoms with Crippen molar-refractivity contribution in [2.75, 3.05) is 18.0 Å². The van der Waals surface area contributed by atoms with Crippen LogP contribution in [0.3, 0.4) is 0 Å². The highest BCUT2D eigenvalue weighted by atomic mass is 19.1. The van der Waals surface area contributed by atoms with Gasteiger partial charge in [0.1, 0.15) is 11.6 Å². The molecule has 7 heteroatoms. The molecule has 1 N–H and O–H groups in total. The fraction of sp³-hybridized carbons (Fsp3) is 0.346. The number of piperidine rings is 1. The quantitative estimate of drug-likeness (QED) is 0.598. The van der Waals surface area contributed by atoms with Crippen LogP contribution < -0.4 is 15.8 Å². The highest BCUT2D eigenvalue weighted by Crippen LogP contribution is 2.22. The lowest BCUT2D eigenvalue weighted by Crippen LogP contribution is -2.46. The Morgan fingerprint density at radius 2 is 1.97 bits per heavy atom. The Morgan fingerprint density at radius 3 is 2.76 bits per heavy atom. The first-order chi connectivity index (χ1) is 16.0. The van der Waals surface area contributed by atoms with Gasteiger partial charge in [0.25, 0.3) is 5.56 Å². The minimum absolute atomic E-state index is 0.0544. The standard InChI is InChI=1S/C26H29FN4O2/c1-19(12-13-20-7-3-2-4-8-20)28-26(33)21-9-6-16-30(18-21)24-14-15-25(32)31(29-24)23-11-5-10-22(27)17-23/h2-5,7-8,10-11,14-15,17,19,21H,6,9,12-13,16,18H2,1H3,(H,28,33). The minimum atomic E-state index is -0.428. The van der Waals surface area contributed by atoms with Crippen LogP contribution in [0.4, 0.5) is 10.2 Å². The molecule has 1 saturated heterocycles. The predicted molar refractivity (Wildman–Crippen MR) is 127 cm³/mol. The third-order valence-electron chi connectivity index (χ3n) is 6.05. The number of hydrogen-bond donors (Lipinski definition) is 1. The van der Waals surface area contributed by atoms with Crippen molar-refractivity contribution in [3.63, 3.8) is 0 Å². The monoisotopic (exact) mass is 448 g/mol. The smallest absolute Gasteiger partial charge is 0.271 e. The molecule has 0 saturated carbocycles. The van der Waals surface area contributed by atoms with E-state index in [1.807, 2.05) is 30.0 Å². The van der Waals surface area contributed by atoms with E-state index in [0.717, 1.165) is 32.2 Å². The van der Waals surface area contributed by atoms with E-state index >= 15 is 0 Å². The van der Waals surface area contributed by atoms with E-state index in [-0.39, 0.29) is 23.4 Å². The van der Waals surface area contributed by atoms with Crippen molar-refractivity contribution >= 4 is 11.7 Å². The summed E-state index contributed by atoms with van der Waals surface area (Å²) in [6, 6.07) is 19.2. The third-order valence-corrected chi connectivity index (χ3v) is 6.05. The molecule has 1 fully saturated rings. The first-order valence-corrected chi connectivity index (χ1v) is 11.4. The van der Waals surface area contributed by atoms with E-state index in [1.165, 1.54) is 28.4 Å². The molecular formula is C26H29FN4O2. The van der Waals surface area contributed by atoms with E-state index in [2.05, 4.69) is 22.5 Å². The second-order valence-electron chi connectivity index (χ2n) is 8.64. The molecular weight excluding hydrogens is 419 g/mol. The molecule has 2 heterocycles. The van der Waals surface area contributed by atoms with Gasteiger partial charge in [0.2, 0.25) is 5.91 Å². The highest BCUT2D eigenvalue weighted by Gasteiger charge is 2.27. The lowest BCUT2D eigenvalue weighted by molar-refractivity contribution is -0.125. The van der Waals surface area contributed by atoms with Gasteiger partial charge in [-0.2, -0.15) is 4.68 Å². The number of hydrogen-bond acceptors (Lipinski definition) is 4. The number of anilines is 1.